The van der Waals surface area contributed by atoms with Gasteiger partial charge in [-0.1, -0.05) is 18.4 Å². The number of hydrogen-bond acceptors (Lipinski definition) is 6. The van der Waals surface area contributed by atoms with Crippen LogP contribution in [-0.2, 0) is 17.9 Å². The first-order valence-electron chi connectivity index (χ1n) is 9.33. The zero-order valence-corrected chi connectivity index (χ0v) is 16.8. The van der Waals surface area contributed by atoms with Gasteiger partial charge in [0.2, 0.25) is 5.91 Å². The molecule has 0 saturated carbocycles. The number of rotatable bonds is 3. The van der Waals surface area contributed by atoms with Crippen LogP contribution in [0.3, 0.4) is 0 Å². The number of ether oxygens (including phenoxy) is 2. The Hall–Kier alpha value is -3.99. The summed E-state index contributed by atoms with van der Waals surface area (Å²) in [6.45, 7) is 5.14. The molecule has 3 heterocycles. The van der Waals surface area contributed by atoms with Gasteiger partial charge in [0.25, 0.3) is 0 Å². The molecule has 0 atom stereocenters. The highest BCUT2D eigenvalue weighted by Gasteiger charge is 2.26. The topological polar surface area (TPSA) is 95.5 Å². The number of methoxy groups -OCH3 is 2. The van der Waals surface area contributed by atoms with Crippen molar-refractivity contribution in [3.8, 4) is 23.3 Å². The summed E-state index contributed by atoms with van der Waals surface area (Å²) in [6, 6.07) is 5.44. The third-order valence-electron chi connectivity index (χ3n) is 5.08. The number of aromatic nitrogens is 3. The van der Waals surface area contributed by atoms with Crippen LogP contribution in [-0.4, -0.2) is 46.1 Å². The Morgan fingerprint density at radius 3 is 2.57 bits per heavy atom. The predicted molar refractivity (Wildman–Crippen MR) is 113 cm³/mol. The summed E-state index contributed by atoms with van der Waals surface area (Å²) < 4.78 is 12.7. The fraction of sp³-hybridized carbons (Fsp3) is 0.227. The second-order valence-corrected chi connectivity index (χ2v) is 6.75. The molecule has 0 unspecified atom stereocenters. The smallest absolute Gasteiger partial charge is 0.246 e. The summed E-state index contributed by atoms with van der Waals surface area (Å²) in [5.74, 6) is 7.92. The van der Waals surface area contributed by atoms with E-state index in [1.54, 1.807) is 25.2 Å². The molecule has 8 nitrogen and oxygen atoms in total. The summed E-state index contributed by atoms with van der Waals surface area (Å²) in [5.41, 5.74) is 9.22. The van der Waals surface area contributed by atoms with Crippen LogP contribution in [0.25, 0.3) is 11.0 Å². The van der Waals surface area contributed by atoms with Gasteiger partial charge in [0.1, 0.15) is 29.3 Å². The lowest BCUT2D eigenvalue weighted by Crippen LogP contribution is -2.37. The van der Waals surface area contributed by atoms with Crippen LogP contribution in [0.4, 0.5) is 5.82 Å². The number of nitrogen functional groups attached to an aromatic ring is 1. The minimum atomic E-state index is -0.123. The van der Waals surface area contributed by atoms with Crippen molar-refractivity contribution < 1.29 is 14.3 Å². The molecule has 2 N–H and O–H groups in total. The second kappa shape index (κ2) is 7.79. The highest BCUT2D eigenvalue weighted by Crippen LogP contribution is 2.31. The molecule has 1 amide bonds. The SMILES string of the molecule is C=CC(=O)N1CCn2c(c(C#Cc3cc(OC)cc(OC)c3)c3c(N)ncnc32)C1. The molecule has 152 valence electrons. The standard InChI is InChI=1S/C22H21N5O3/c1-4-19(28)26-7-8-27-18(12-26)17(20-21(23)24-13-25-22(20)27)6-5-14-9-15(29-2)11-16(10-14)30-3/h4,9-11,13H,1,7-8,12H2,2-3H3,(H2,23,24,25). The van der Waals surface area contributed by atoms with Gasteiger partial charge in [0.05, 0.1) is 37.4 Å². The maximum atomic E-state index is 12.2. The molecular formula is C22H21N5O3. The van der Waals surface area contributed by atoms with Crippen LogP contribution in [0.2, 0.25) is 0 Å². The fourth-order valence-electron chi connectivity index (χ4n) is 3.59. The van der Waals surface area contributed by atoms with E-state index in [-0.39, 0.29) is 5.91 Å². The van der Waals surface area contributed by atoms with Gasteiger partial charge in [-0.15, -0.1) is 0 Å². The van der Waals surface area contributed by atoms with E-state index >= 15 is 0 Å². The van der Waals surface area contributed by atoms with E-state index in [2.05, 4.69) is 33.0 Å². The summed E-state index contributed by atoms with van der Waals surface area (Å²) in [6.07, 6.45) is 2.76. The number of nitrogens with two attached hydrogens (primary N) is 1. The summed E-state index contributed by atoms with van der Waals surface area (Å²) >= 11 is 0. The number of hydrogen-bond donors (Lipinski definition) is 1. The number of fused-ring (bicyclic) bond motifs is 3. The predicted octanol–water partition coefficient (Wildman–Crippen LogP) is 1.96. The van der Waals surface area contributed by atoms with Crippen molar-refractivity contribution in [2.24, 2.45) is 0 Å². The van der Waals surface area contributed by atoms with Crippen LogP contribution in [0.1, 0.15) is 16.8 Å². The molecule has 1 aliphatic rings. The lowest BCUT2D eigenvalue weighted by molar-refractivity contribution is -0.127. The highest BCUT2D eigenvalue weighted by atomic mass is 16.5. The van der Waals surface area contributed by atoms with Gasteiger partial charge >= 0.3 is 0 Å². The third kappa shape index (κ3) is 3.31. The van der Waals surface area contributed by atoms with Crippen LogP contribution in [0.15, 0.2) is 37.2 Å². The van der Waals surface area contributed by atoms with Gasteiger partial charge in [0.15, 0.2) is 0 Å². The van der Waals surface area contributed by atoms with Crippen molar-refractivity contribution in [2.45, 2.75) is 13.1 Å². The molecule has 0 radical (unpaired) electrons. The number of nitrogens with zero attached hydrogens (tertiary/aromatic N) is 4. The molecule has 1 aromatic carbocycles. The number of carbonyl (C=O) groups is 1. The van der Waals surface area contributed by atoms with Gasteiger partial charge < -0.3 is 24.7 Å². The first-order valence-corrected chi connectivity index (χ1v) is 9.33. The minimum Gasteiger partial charge on any atom is -0.497 e. The first kappa shape index (κ1) is 19.3. The molecule has 2 aromatic heterocycles. The van der Waals surface area contributed by atoms with Gasteiger partial charge in [-0.3, -0.25) is 4.79 Å². The fourth-order valence-corrected chi connectivity index (χ4v) is 3.59. The van der Waals surface area contributed by atoms with E-state index in [0.717, 1.165) is 16.9 Å². The monoisotopic (exact) mass is 403 g/mol. The third-order valence-corrected chi connectivity index (χ3v) is 5.08. The number of benzene rings is 1. The lowest BCUT2D eigenvalue weighted by Gasteiger charge is -2.28. The second-order valence-electron chi connectivity index (χ2n) is 6.75. The molecule has 0 bridgehead atoms. The maximum Gasteiger partial charge on any atom is 0.246 e. The van der Waals surface area contributed by atoms with Gasteiger partial charge in [-0.25, -0.2) is 9.97 Å². The Kier molecular flexibility index (Phi) is 5.02. The molecule has 30 heavy (non-hydrogen) atoms. The summed E-state index contributed by atoms with van der Waals surface area (Å²) in [5, 5.41) is 0.697. The van der Waals surface area contributed by atoms with Crippen LogP contribution >= 0.6 is 0 Å². The van der Waals surface area contributed by atoms with Crippen LogP contribution < -0.4 is 15.2 Å². The largest absolute Gasteiger partial charge is 0.497 e. The van der Waals surface area contributed by atoms with Crippen LogP contribution in [0, 0.1) is 11.8 Å². The average Bonchev–Trinajstić information content (AvgIpc) is 3.10. The van der Waals surface area contributed by atoms with E-state index in [4.69, 9.17) is 15.2 Å². The molecule has 4 rings (SSSR count). The molecule has 0 spiro atoms. The summed E-state index contributed by atoms with van der Waals surface area (Å²) in [4.78, 5) is 22.5. The Bertz CT molecular complexity index is 1200. The minimum absolute atomic E-state index is 0.123. The summed E-state index contributed by atoms with van der Waals surface area (Å²) in [7, 11) is 3.18. The van der Waals surface area contributed by atoms with E-state index in [9.17, 15) is 4.79 Å². The van der Waals surface area contributed by atoms with Crippen molar-refractivity contribution in [1.82, 2.24) is 19.4 Å². The van der Waals surface area contributed by atoms with Gasteiger partial charge in [-0.05, 0) is 18.2 Å². The molecule has 0 saturated heterocycles. The lowest BCUT2D eigenvalue weighted by atomic mass is 10.1. The molecule has 1 aliphatic heterocycles. The Morgan fingerprint density at radius 1 is 1.17 bits per heavy atom. The molecule has 0 fully saturated rings. The number of anilines is 1. The average molecular weight is 403 g/mol. The number of carbonyl (C=O) groups excluding carboxylic acids is 1. The normalized spacial score (nSPS) is 12.7. The maximum absolute atomic E-state index is 12.2. The zero-order chi connectivity index (χ0) is 21.3. The molecule has 8 heteroatoms. The van der Waals surface area contributed by atoms with Crippen molar-refractivity contribution in [1.29, 1.82) is 0 Å². The van der Waals surface area contributed by atoms with E-state index in [0.29, 0.717) is 47.9 Å². The van der Waals surface area contributed by atoms with Crippen molar-refractivity contribution in [3.05, 3.63) is 54.0 Å². The molecule has 3 aromatic rings. The molecule has 0 aliphatic carbocycles. The van der Waals surface area contributed by atoms with Gasteiger partial charge in [0, 0.05) is 24.7 Å². The molecular weight excluding hydrogens is 382 g/mol. The Morgan fingerprint density at radius 2 is 1.90 bits per heavy atom. The Labute approximate surface area is 173 Å². The van der Waals surface area contributed by atoms with Crippen molar-refractivity contribution in [3.63, 3.8) is 0 Å². The zero-order valence-electron chi connectivity index (χ0n) is 16.8. The highest BCUT2D eigenvalue weighted by molar-refractivity contribution is 5.94. The van der Waals surface area contributed by atoms with E-state index in [1.165, 1.54) is 12.4 Å². The Balaban J connectivity index is 1.87. The first-order chi connectivity index (χ1) is 14.5. The van der Waals surface area contributed by atoms with Gasteiger partial charge in [-0.2, -0.15) is 0 Å². The van der Waals surface area contributed by atoms with Crippen LogP contribution in [0.5, 0.6) is 11.5 Å². The van der Waals surface area contributed by atoms with E-state index < -0.39 is 0 Å². The number of amides is 1. The van der Waals surface area contributed by atoms with Crippen molar-refractivity contribution in [2.75, 3.05) is 26.5 Å². The van der Waals surface area contributed by atoms with Crippen molar-refractivity contribution >= 4 is 22.8 Å². The quantitative estimate of drug-likeness (QED) is 0.531. The van der Waals surface area contributed by atoms with E-state index in [1.807, 2.05) is 12.1 Å².